The van der Waals surface area contributed by atoms with E-state index in [1.807, 2.05) is 0 Å². The first-order valence-corrected chi connectivity index (χ1v) is 4.69. The van der Waals surface area contributed by atoms with Crippen LogP contribution in [-0.2, 0) is 4.79 Å². The van der Waals surface area contributed by atoms with Gasteiger partial charge in [0.15, 0.2) is 5.78 Å². The Morgan fingerprint density at radius 3 is 2.50 bits per heavy atom. The van der Waals surface area contributed by atoms with Crippen LogP contribution in [0.15, 0.2) is 12.2 Å². The summed E-state index contributed by atoms with van der Waals surface area (Å²) in [4.78, 5) is 11.6. The molecule has 3 atom stereocenters. The average Bonchev–Trinajstić information content (AvgIpc) is 2.38. The van der Waals surface area contributed by atoms with Crippen LogP contribution >= 0.6 is 0 Å². The van der Waals surface area contributed by atoms with Crippen LogP contribution in [0.1, 0.15) is 27.2 Å². The lowest BCUT2D eigenvalue weighted by Gasteiger charge is -2.36. The molecule has 2 aliphatic rings. The maximum Gasteiger partial charge on any atom is 0.161 e. The highest BCUT2D eigenvalue weighted by Crippen LogP contribution is 2.59. The van der Waals surface area contributed by atoms with Crippen LogP contribution in [0.25, 0.3) is 0 Å². The van der Waals surface area contributed by atoms with Gasteiger partial charge in [0.05, 0.1) is 0 Å². The SMILES string of the molecule is C=C1C(=O)C2CC1C(C)(C)C2C. The second-order valence-electron chi connectivity index (χ2n) is 4.89. The molecule has 0 aromatic rings. The van der Waals surface area contributed by atoms with Gasteiger partial charge in [-0.1, -0.05) is 27.4 Å². The fraction of sp³-hybridized carbons (Fsp3) is 0.727. The first-order chi connectivity index (χ1) is 5.46. The lowest BCUT2D eigenvalue weighted by Crippen LogP contribution is -2.34. The first-order valence-electron chi connectivity index (χ1n) is 4.69. The van der Waals surface area contributed by atoms with Crippen molar-refractivity contribution in [1.82, 2.24) is 0 Å². The quantitative estimate of drug-likeness (QED) is 0.502. The van der Waals surface area contributed by atoms with E-state index in [1.165, 1.54) is 0 Å². The van der Waals surface area contributed by atoms with Crippen LogP contribution in [0.2, 0.25) is 0 Å². The van der Waals surface area contributed by atoms with Gasteiger partial charge < -0.3 is 0 Å². The monoisotopic (exact) mass is 164 g/mol. The standard InChI is InChI=1S/C11H16O/c1-6-9-5-8(10(6)12)7(2)11(9,3)4/h7-9H,1,5H2,2-4H3. The second-order valence-corrected chi connectivity index (χ2v) is 4.89. The maximum absolute atomic E-state index is 11.6. The van der Waals surface area contributed by atoms with Crippen molar-refractivity contribution in [2.75, 3.05) is 0 Å². The summed E-state index contributed by atoms with van der Waals surface area (Å²) in [5.41, 5.74) is 1.19. The molecule has 2 rings (SSSR count). The lowest BCUT2D eigenvalue weighted by molar-refractivity contribution is -0.121. The van der Waals surface area contributed by atoms with Gasteiger partial charge in [0.1, 0.15) is 0 Å². The molecule has 2 saturated carbocycles. The molecule has 0 heterocycles. The molecule has 12 heavy (non-hydrogen) atoms. The summed E-state index contributed by atoms with van der Waals surface area (Å²) < 4.78 is 0. The van der Waals surface area contributed by atoms with E-state index in [0.717, 1.165) is 12.0 Å². The number of carbonyl (C=O) groups is 1. The highest BCUT2D eigenvalue weighted by molar-refractivity contribution is 6.01. The zero-order valence-electron chi connectivity index (χ0n) is 8.05. The van der Waals surface area contributed by atoms with E-state index in [1.54, 1.807) is 0 Å². The second kappa shape index (κ2) is 2.01. The largest absolute Gasteiger partial charge is 0.294 e. The summed E-state index contributed by atoms with van der Waals surface area (Å²) >= 11 is 0. The molecule has 0 amide bonds. The van der Waals surface area contributed by atoms with Crippen LogP contribution in [-0.4, -0.2) is 5.78 Å². The van der Waals surface area contributed by atoms with E-state index < -0.39 is 0 Å². The Hall–Kier alpha value is -0.590. The minimum atomic E-state index is 0.289. The Labute approximate surface area is 73.8 Å². The third kappa shape index (κ3) is 0.675. The van der Waals surface area contributed by atoms with Gasteiger partial charge in [-0.3, -0.25) is 4.79 Å². The van der Waals surface area contributed by atoms with E-state index in [4.69, 9.17) is 0 Å². The average molecular weight is 164 g/mol. The van der Waals surface area contributed by atoms with Crippen molar-refractivity contribution in [3.05, 3.63) is 12.2 Å². The van der Waals surface area contributed by atoms with Crippen molar-refractivity contribution in [2.24, 2.45) is 23.2 Å². The Morgan fingerprint density at radius 2 is 2.08 bits per heavy atom. The molecule has 0 saturated heterocycles. The van der Waals surface area contributed by atoms with Gasteiger partial charge in [0.2, 0.25) is 0 Å². The molecule has 2 bridgehead atoms. The van der Waals surface area contributed by atoms with Crippen molar-refractivity contribution >= 4 is 5.78 Å². The van der Waals surface area contributed by atoms with Crippen LogP contribution in [0.4, 0.5) is 0 Å². The molecule has 0 N–H and O–H groups in total. The third-order valence-corrected chi connectivity index (χ3v) is 4.24. The van der Waals surface area contributed by atoms with Crippen molar-refractivity contribution in [2.45, 2.75) is 27.2 Å². The minimum Gasteiger partial charge on any atom is -0.294 e. The Bertz CT molecular complexity index is 262. The highest BCUT2D eigenvalue weighted by atomic mass is 16.1. The number of hydrogen-bond donors (Lipinski definition) is 0. The van der Waals surface area contributed by atoms with Gasteiger partial charge in [-0.15, -0.1) is 0 Å². The Kier molecular flexibility index (Phi) is 1.35. The van der Waals surface area contributed by atoms with E-state index in [9.17, 15) is 4.79 Å². The van der Waals surface area contributed by atoms with E-state index >= 15 is 0 Å². The molecule has 0 aromatic carbocycles. The van der Waals surface area contributed by atoms with Gasteiger partial charge in [-0.2, -0.15) is 0 Å². The van der Waals surface area contributed by atoms with Crippen LogP contribution in [0.5, 0.6) is 0 Å². The number of ketones is 1. The molecule has 2 aliphatic carbocycles. The number of fused-ring (bicyclic) bond motifs is 2. The van der Waals surface area contributed by atoms with E-state index in [0.29, 0.717) is 23.0 Å². The molecule has 2 fully saturated rings. The van der Waals surface area contributed by atoms with Crippen molar-refractivity contribution in [3.8, 4) is 0 Å². The Balaban J connectivity index is 2.42. The van der Waals surface area contributed by atoms with Crippen LogP contribution in [0.3, 0.4) is 0 Å². The van der Waals surface area contributed by atoms with E-state index in [2.05, 4.69) is 27.4 Å². The fourth-order valence-corrected chi connectivity index (χ4v) is 2.93. The molecule has 66 valence electrons. The normalized spacial score (nSPS) is 44.1. The summed E-state index contributed by atoms with van der Waals surface area (Å²) in [7, 11) is 0. The predicted octanol–water partition coefficient (Wildman–Crippen LogP) is 2.42. The smallest absolute Gasteiger partial charge is 0.161 e. The van der Waals surface area contributed by atoms with Gasteiger partial charge in [-0.05, 0) is 29.2 Å². The number of allylic oxidation sites excluding steroid dienone is 1. The zero-order chi connectivity index (χ0) is 9.09. The number of hydrogen-bond acceptors (Lipinski definition) is 1. The predicted molar refractivity (Wildman–Crippen MR) is 48.7 cm³/mol. The molecular weight excluding hydrogens is 148 g/mol. The molecule has 0 spiro atoms. The highest BCUT2D eigenvalue weighted by Gasteiger charge is 2.56. The fourth-order valence-electron chi connectivity index (χ4n) is 2.93. The zero-order valence-corrected chi connectivity index (χ0v) is 8.05. The maximum atomic E-state index is 11.6. The molecule has 3 unspecified atom stereocenters. The number of rotatable bonds is 0. The minimum absolute atomic E-state index is 0.289. The molecule has 0 aromatic heterocycles. The number of carbonyl (C=O) groups excluding carboxylic acids is 1. The first kappa shape index (κ1) is 8.03. The molecule has 1 nitrogen and oxygen atoms in total. The molecular formula is C11H16O. The van der Waals surface area contributed by atoms with Crippen LogP contribution < -0.4 is 0 Å². The summed E-state index contributed by atoms with van der Waals surface area (Å²) in [6.45, 7) is 10.6. The number of Topliss-reactive ketones (excluding diaryl/α,β-unsaturated/α-hetero) is 1. The lowest BCUT2D eigenvalue weighted by atomic mass is 9.68. The van der Waals surface area contributed by atoms with Gasteiger partial charge >= 0.3 is 0 Å². The van der Waals surface area contributed by atoms with Gasteiger partial charge in [0, 0.05) is 5.92 Å². The van der Waals surface area contributed by atoms with Gasteiger partial charge in [0.25, 0.3) is 0 Å². The third-order valence-electron chi connectivity index (χ3n) is 4.24. The van der Waals surface area contributed by atoms with Crippen molar-refractivity contribution < 1.29 is 4.79 Å². The summed E-state index contributed by atoms with van der Waals surface area (Å²) in [6.07, 6.45) is 1.06. The summed E-state index contributed by atoms with van der Waals surface area (Å²) in [6, 6.07) is 0. The van der Waals surface area contributed by atoms with Crippen LogP contribution in [0, 0.1) is 23.2 Å². The molecule has 0 radical (unpaired) electrons. The summed E-state index contributed by atoms with van der Waals surface area (Å²) in [5.74, 6) is 1.63. The molecule has 1 heteroatoms. The van der Waals surface area contributed by atoms with Crippen molar-refractivity contribution in [1.29, 1.82) is 0 Å². The molecule has 0 aliphatic heterocycles. The Morgan fingerprint density at radius 1 is 1.50 bits per heavy atom. The topological polar surface area (TPSA) is 17.1 Å². The van der Waals surface area contributed by atoms with E-state index in [-0.39, 0.29) is 5.92 Å². The summed E-state index contributed by atoms with van der Waals surface area (Å²) in [5, 5.41) is 0. The van der Waals surface area contributed by atoms with Gasteiger partial charge in [-0.25, -0.2) is 0 Å². The van der Waals surface area contributed by atoms with Crippen molar-refractivity contribution in [3.63, 3.8) is 0 Å².